The molecule has 126 valence electrons. The Hall–Kier alpha value is -2.74. The van der Waals surface area contributed by atoms with Crippen molar-refractivity contribution in [3.05, 3.63) is 69.3 Å². The summed E-state index contributed by atoms with van der Waals surface area (Å²) >= 11 is 0. The van der Waals surface area contributed by atoms with Gasteiger partial charge in [0.2, 0.25) is 0 Å². The third kappa shape index (κ3) is 3.96. The highest BCUT2D eigenvalue weighted by Gasteiger charge is 2.18. The molecule has 0 fully saturated rings. The van der Waals surface area contributed by atoms with Crippen LogP contribution in [0.4, 0.5) is 5.69 Å². The summed E-state index contributed by atoms with van der Waals surface area (Å²) in [4.78, 5) is 22.6. The van der Waals surface area contributed by atoms with Gasteiger partial charge >= 0.3 is 5.97 Å². The van der Waals surface area contributed by atoms with Crippen LogP contribution in [0.25, 0.3) is 0 Å². The van der Waals surface area contributed by atoms with Gasteiger partial charge in [0.25, 0.3) is 5.69 Å². The fraction of sp³-hybridized carbons (Fsp3) is 0.188. The molecule has 0 spiro atoms. The van der Waals surface area contributed by atoms with E-state index in [4.69, 9.17) is 4.74 Å². The predicted molar refractivity (Wildman–Crippen MR) is 86.5 cm³/mol. The molecule has 0 aliphatic carbocycles. The van der Waals surface area contributed by atoms with Gasteiger partial charge in [-0.2, -0.15) is 0 Å². The number of sulfone groups is 1. The van der Waals surface area contributed by atoms with E-state index < -0.39 is 20.7 Å². The number of benzene rings is 2. The van der Waals surface area contributed by atoms with E-state index in [2.05, 4.69) is 0 Å². The molecule has 0 unspecified atom stereocenters. The van der Waals surface area contributed by atoms with Gasteiger partial charge in [-0.3, -0.25) is 10.1 Å². The summed E-state index contributed by atoms with van der Waals surface area (Å²) < 4.78 is 28.3. The Morgan fingerprint density at radius 1 is 1.21 bits per heavy atom. The summed E-state index contributed by atoms with van der Waals surface area (Å²) in [5, 5.41) is 10.9. The van der Waals surface area contributed by atoms with Crippen molar-refractivity contribution < 1.29 is 22.9 Å². The number of nitro groups is 1. The first-order valence-electron chi connectivity index (χ1n) is 6.90. The van der Waals surface area contributed by atoms with Gasteiger partial charge in [-0.05, 0) is 30.7 Å². The number of esters is 1. The standard InChI is InChI=1S/C16H15NO6S/c1-11-7-8-13(24(2,21)22)9-14(11)16(18)23-10-12-5-3-4-6-15(12)17(19)20/h3-9H,10H2,1-2H3. The second-order valence-electron chi connectivity index (χ2n) is 5.21. The number of rotatable bonds is 5. The minimum Gasteiger partial charge on any atom is -0.457 e. The van der Waals surface area contributed by atoms with E-state index in [1.54, 1.807) is 13.0 Å². The van der Waals surface area contributed by atoms with Gasteiger partial charge in [-0.15, -0.1) is 0 Å². The normalized spacial score (nSPS) is 11.1. The molecular weight excluding hydrogens is 334 g/mol. The topological polar surface area (TPSA) is 104 Å². The summed E-state index contributed by atoms with van der Waals surface area (Å²) in [6.07, 6.45) is 1.04. The molecule has 0 bridgehead atoms. The van der Waals surface area contributed by atoms with E-state index in [9.17, 15) is 23.3 Å². The predicted octanol–water partition coefficient (Wildman–Crippen LogP) is 2.66. The highest BCUT2D eigenvalue weighted by molar-refractivity contribution is 7.90. The largest absolute Gasteiger partial charge is 0.457 e. The maximum Gasteiger partial charge on any atom is 0.338 e. The van der Waals surface area contributed by atoms with Crippen molar-refractivity contribution in [2.45, 2.75) is 18.4 Å². The third-order valence-electron chi connectivity index (χ3n) is 3.40. The molecule has 0 aliphatic rings. The van der Waals surface area contributed by atoms with Crippen LogP contribution in [0.3, 0.4) is 0 Å². The van der Waals surface area contributed by atoms with Crippen LogP contribution < -0.4 is 0 Å². The molecule has 24 heavy (non-hydrogen) atoms. The van der Waals surface area contributed by atoms with Crippen LogP contribution in [0.1, 0.15) is 21.5 Å². The number of hydrogen-bond acceptors (Lipinski definition) is 6. The average Bonchev–Trinajstić information content (AvgIpc) is 2.52. The summed E-state index contributed by atoms with van der Waals surface area (Å²) in [5.74, 6) is -0.740. The molecular formula is C16H15NO6S. The summed E-state index contributed by atoms with van der Waals surface area (Å²) in [6.45, 7) is 1.37. The molecule has 0 aromatic heterocycles. The van der Waals surface area contributed by atoms with E-state index in [0.717, 1.165) is 6.26 Å². The molecule has 2 rings (SSSR count). The number of carbonyl (C=O) groups excluding carboxylic acids is 1. The van der Waals surface area contributed by atoms with Gasteiger partial charge in [0.05, 0.1) is 20.9 Å². The summed E-state index contributed by atoms with van der Waals surface area (Å²) in [6, 6.07) is 10.1. The zero-order valence-corrected chi connectivity index (χ0v) is 13.9. The fourth-order valence-electron chi connectivity index (χ4n) is 2.08. The number of carbonyl (C=O) groups is 1. The van der Waals surface area contributed by atoms with Crippen LogP contribution in [-0.2, 0) is 21.2 Å². The number of ether oxygens (including phenoxy) is 1. The molecule has 0 radical (unpaired) electrons. The second kappa shape index (κ2) is 6.79. The zero-order chi connectivity index (χ0) is 17.9. The molecule has 0 amide bonds. The van der Waals surface area contributed by atoms with Gasteiger partial charge in [0, 0.05) is 12.3 Å². The number of para-hydroxylation sites is 1. The van der Waals surface area contributed by atoms with E-state index in [-0.39, 0.29) is 28.3 Å². The lowest BCUT2D eigenvalue weighted by Gasteiger charge is -2.09. The van der Waals surface area contributed by atoms with Crippen LogP contribution in [0.2, 0.25) is 0 Å². The lowest BCUT2D eigenvalue weighted by molar-refractivity contribution is -0.385. The Labute approximate surface area is 139 Å². The number of aryl methyl sites for hydroxylation is 1. The minimum atomic E-state index is -3.46. The molecule has 2 aromatic rings. The van der Waals surface area contributed by atoms with Gasteiger partial charge in [-0.25, -0.2) is 13.2 Å². The molecule has 0 saturated heterocycles. The van der Waals surface area contributed by atoms with Crippen molar-refractivity contribution in [2.75, 3.05) is 6.26 Å². The van der Waals surface area contributed by atoms with Crippen molar-refractivity contribution in [3.8, 4) is 0 Å². The van der Waals surface area contributed by atoms with E-state index >= 15 is 0 Å². The number of hydrogen-bond donors (Lipinski definition) is 0. The molecule has 8 heteroatoms. The van der Waals surface area contributed by atoms with Crippen molar-refractivity contribution in [3.63, 3.8) is 0 Å². The van der Waals surface area contributed by atoms with Crippen molar-refractivity contribution >= 4 is 21.5 Å². The van der Waals surface area contributed by atoms with E-state index in [1.807, 2.05) is 0 Å². The Morgan fingerprint density at radius 3 is 2.50 bits per heavy atom. The smallest absolute Gasteiger partial charge is 0.338 e. The molecule has 0 atom stereocenters. The first-order valence-corrected chi connectivity index (χ1v) is 8.79. The average molecular weight is 349 g/mol. The molecule has 0 aliphatic heterocycles. The maximum atomic E-state index is 12.2. The Kier molecular flexibility index (Phi) is 4.99. The summed E-state index contributed by atoms with van der Waals surface area (Å²) in [7, 11) is -3.46. The van der Waals surface area contributed by atoms with Crippen LogP contribution in [0, 0.1) is 17.0 Å². The lowest BCUT2D eigenvalue weighted by atomic mass is 10.1. The van der Waals surface area contributed by atoms with E-state index in [1.165, 1.54) is 36.4 Å². The highest BCUT2D eigenvalue weighted by Crippen LogP contribution is 2.21. The molecule has 7 nitrogen and oxygen atoms in total. The van der Waals surface area contributed by atoms with E-state index in [0.29, 0.717) is 5.56 Å². The van der Waals surface area contributed by atoms with Gasteiger partial charge < -0.3 is 4.74 Å². The number of nitrogens with zero attached hydrogens (tertiary/aromatic N) is 1. The molecule has 2 aromatic carbocycles. The first kappa shape index (κ1) is 17.6. The van der Waals surface area contributed by atoms with Gasteiger partial charge in [0.1, 0.15) is 6.61 Å². The van der Waals surface area contributed by atoms with Gasteiger partial charge in [0.15, 0.2) is 9.84 Å². The van der Waals surface area contributed by atoms with Crippen LogP contribution in [0.5, 0.6) is 0 Å². The van der Waals surface area contributed by atoms with Crippen LogP contribution in [-0.4, -0.2) is 25.6 Å². The maximum absolute atomic E-state index is 12.2. The molecule has 0 N–H and O–H groups in total. The van der Waals surface area contributed by atoms with Crippen LogP contribution >= 0.6 is 0 Å². The Morgan fingerprint density at radius 2 is 1.88 bits per heavy atom. The summed E-state index contributed by atoms with van der Waals surface area (Å²) in [5.41, 5.74) is 0.770. The minimum absolute atomic E-state index is 0.00532. The second-order valence-corrected chi connectivity index (χ2v) is 7.23. The number of nitro benzene ring substituents is 1. The monoisotopic (exact) mass is 349 g/mol. The van der Waals surface area contributed by atoms with Gasteiger partial charge in [-0.1, -0.05) is 18.2 Å². The van der Waals surface area contributed by atoms with Crippen LogP contribution in [0.15, 0.2) is 47.4 Å². The fourth-order valence-corrected chi connectivity index (χ4v) is 2.73. The van der Waals surface area contributed by atoms with Crippen molar-refractivity contribution in [2.24, 2.45) is 0 Å². The third-order valence-corrected chi connectivity index (χ3v) is 4.51. The SMILES string of the molecule is Cc1ccc(S(C)(=O)=O)cc1C(=O)OCc1ccccc1[N+](=O)[O-]. The Bertz CT molecular complexity index is 905. The van der Waals surface area contributed by atoms with Crippen molar-refractivity contribution in [1.29, 1.82) is 0 Å². The van der Waals surface area contributed by atoms with Crippen molar-refractivity contribution in [1.82, 2.24) is 0 Å². The molecule has 0 heterocycles. The molecule has 0 saturated carbocycles. The quantitative estimate of drug-likeness (QED) is 0.467. The zero-order valence-electron chi connectivity index (χ0n) is 13.1. The Balaban J connectivity index is 2.24. The lowest BCUT2D eigenvalue weighted by Crippen LogP contribution is -2.09. The highest BCUT2D eigenvalue weighted by atomic mass is 32.2. The first-order chi connectivity index (χ1) is 11.2.